The van der Waals surface area contributed by atoms with Crippen LogP contribution in [0.1, 0.15) is 5.56 Å². The highest BCUT2D eigenvalue weighted by molar-refractivity contribution is 5.75. The number of hydrogen-bond donors (Lipinski definition) is 2. The molecule has 0 spiro atoms. The zero-order chi connectivity index (χ0) is 20.9. The Morgan fingerprint density at radius 1 is 1.10 bits per heavy atom. The van der Waals surface area contributed by atoms with E-state index >= 15 is 0 Å². The summed E-state index contributed by atoms with van der Waals surface area (Å²) in [6.07, 6.45) is 1.58. The van der Waals surface area contributed by atoms with Crippen LogP contribution in [0.5, 0.6) is 5.75 Å². The van der Waals surface area contributed by atoms with E-state index in [1.165, 1.54) is 4.40 Å². The molecule has 2 heterocycles. The van der Waals surface area contributed by atoms with E-state index in [1.54, 1.807) is 19.4 Å². The van der Waals surface area contributed by atoms with Gasteiger partial charge in [-0.05, 0) is 35.9 Å². The largest absolute Gasteiger partial charge is 0.497 e. The average molecular weight is 404 g/mol. The molecule has 2 aromatic carbocycles. The first kappa shape index (κ1) is 19.2. The summed E-state index contributed by atoms with van der Waals surface area (Å²) in [7, 11) is 1.59. The van der Waals surface area contributed by atoms with Crippen LogP contribution < -0.4 is 21.1 Å². The van der Waals surface area contributed by atoms with E-state index in [9.17, 15) is 9.59 Å². The number of nitrogens with one attached hydrogen (secondary N) is 2. The lowest BCUT2D eigenvalue weighted by atomic mass is 10.2. The van der Waals surface area contributed by atoms with Crippen LogP contribution in [0.3, 0.4) is 0 Å². The molecule has 9 nitrogen and oxygen atoms in total. The highest BCUT2D eigenvalue weighted by atomic mass is 16.5. The molecule has 2 aromatic heterocycles. The number of aromatic nitrogens is 4. The molecule has 0 saturated heterocycles. The minimum Gasteiger partial charge on any atom is -0.497 e. The Bertz CT molecular complexity index is 1230. The SMILES string of the molecule is COc1cccc(CNC(=O)Cn2nc3nc(Nc4ccccc4)ccn3c2=O)c1. The molecule has 2 N–H and O–H groups in total. The van der Waals surface area contributed by atoms with Crippen LogP contribution in [0.25, 0.3) is 5.78 Å². The van der Waals surface area contributed by atoms with Crippen molar-refractivity contribution >= 4 is 23.2 Å². The lowest BCUT2D eigenvalue weighted by Gasteiger charge is -2.06. The van der Waals surface area contributed by atoms with E-state index in [2.05, 4.69) is 20.7 Å². The van der Waals surface area contributed by atoms with Gasteiger partial charge in [-0.2, -0.15) is 4.98 Å². The maximum absolute atomic E-state index is 12.5. The van der Waals surface area contributed by atoms with Crippen LogP contribution in [0.15, 0.2) is 71.7 Å². The minimum atomic E-state index is -0.430. The van der Waals surface area contributed by atoms with Gasteiger partial charge in [-0.25, -0.2) is 13.9 Å². The number of benzene rings is 2. The second-order valence-electron chi connectivity index (χ2n) is 6.54. The molecule has 0 radical (unpaired) electrons. The van der Waals surface area contributed by atoms with Crippen molar-refractivity contribution in [2.45, 2.75) is 13.1 Å². The Labute approximate surface area is 171 Å². The zero-order valence-corrected chi connectivity index (χ0v) is 16.3. The molecule has 0 aliphatic heterocycles. The van der Waals surface area contributed by atoms with Gasteiger partial charge in [-0.1, -0.05) is 30.3 Å². The fourth-order valence-electron chi connectivity index (χ4n) is 2.92. The van der Waals surface area contributed by atoms with E-state index < -0.39 is 5.69 Å². The second-order valence-corrected chi connectivity index (χ2v) is 6.54. The first-order valence-electron chi connectivity index (χ1n) is 9.30. The van der Waals surface area contributed by atoms with Gasteiger partial charge in [-0.15, -0.1) is 5.10 Å². The van der Waals surface area contributed by atoms with E-state index in [-0.39, 0.29) is 18.2 Å². The molecule has 0 aliphatic carbocycles. The standard InChI is InChI=1S/C21H20N6O3/c1-30-17-9-5-6-15(12-17)13-22-19(28)14-27-21(29)26-11-10-18(24-20(26)25-27)23-16-7-3-2-4-8-16/h2-12H,13-14H2,1H3,(H,22,28)(H,23,24,25). The minimum absolute atomic E-state index is 0.201. The van der Waals surface area contributed by atoms with E-state index in [4.69, 9.17) is 4.74 Å². The van der Waals surface area contributed by atoms with Crippen molar-refractivity contribution in [3.05, 3.63) is 82.9 Å². The Hall–Kier alpha value is -4.14. The summed E-state index contributed by atoms with van der Waals surface area (Å²) in [6, 6.07) is 18.6. The first-order valence-corrected chi connectivity index (χ1v) is 9.30. The molecular formula is C21H20N6O3. The third-order valence-corrected chi connectivity index (χ3v) is 4.42. The van der Waals surface area contributed by atoms with Crippen LogP contribution in [0, 0.1) is 0 Å². The number of fused-ring (bicyclic) bond motifs is 1. The van der Waals surface area contributed by atoms with Gasteiger partial charge in [0.2, 0.25) is 5.91 Å². The highest BCUT2D eigenvalue weighted by Gasteiger charge is 2.12. The quantitative estimate of drug-likeness (QED) is 0.488. The van der Waals surface area contributed by atoms with Crippen LogP contribution in [0.2, 0.25) is 0 Å². The number of carbonyl (C=O) groups is 1. The lowest BCUT2D eigenvalue weighted by molar-refractivity contribution is -0.122. The zero-order valence-electron chi connectivity index (χ0n) is 16.3. The average Bonchev–Trinajstić information content (AvgIpc) is 3.07. The third kappa shape index (κ3) is 4.30. The number of hydrogen-bond acceptors (Lipinski definition) is 6. The number of para-hydroxylation sites is 1. The van der Waals surface area contributed by atoms with Crippen molar-refractivity contribution in [1.82, 2.24) is 24.5 Å². The number of rotatable bonds is 7. The molecular weight excluding hydrogens is 384 g/mol. The van der Waals surface area contributed by atoms with Gasteiger partial charge in [0.15, 0.2) is 0 Å². The fourth-order valence-corrected chi connectivity index (χ4v) is 2.92. The van der Waals surface area contributed by atoms with Gasteiger partial charge in [0, 0.05) is 18.4 Å². The number of amides is 1. The molecule has 30 heavy (non-hydrogen) atoms. The van der Waals surface area contributed by atoms with E-state index in [0.717, 1.165) is 15.9 Å². The predicted molar refractivity (Wildman–Crippen MR) is 112 cm³/mol. The Balaban J connectivity index is 1.45. The van der Waals surface area contributed by atoms with Gasteiger partial charge < -0.3 is 15.4 Å². The van der Waals surface area contributed by atoms with Crippen LogP contribution in [-0.4, -0.2) is 32.2 Å². The number of nitrogens with zero attached hydrogens (tertiary/aromatic N) is 4. The van der Waals surface area contributed by atoms with Crippen molar-refractivity contribution in [3.8, 4) is 5.75 Å². The molecule has 0 bridgehead atoms. The molecule has 1 amide bonds. The van der Waals surface area contributed by atoms with Crippen molar-refractivity contribution in [2.75, 3.05) is 12.4 Å². The highest BCUT2D eigenvalue weighted by Crippen LogP contribution is 2.14. The second kappa shape index (κ2) is 8.48. The normalized spacial score (nSPS) is 10.7. The lowest BCUT2D eigenvalue weighted by Crippen LogP contribution is -2.32. The Morgan fingerprint density at radius 2 is 1.93 bits per heavy atom. The molecule has 0 unspecified atom stereocenters. The van der Waals surface area contributed by atoms with Gasteiger partial charge in [0.1, 0.15) is 18.1 Å². The maximum Gasteiger partial charge on any atom is 0.352 e. The first-order chi connectivity index (χ1) is 14.6. The Morgan fingerprint density at radius 3 is 2.73 bits per heavy atom. The van der Waals surface area contributed by atoms with Gasteiger partial charge in [0.25, 0.3) is 5.78 Å². The summed E-state index contributed by atoms with van der Waals surface area (Å²) in [5.74, 6) is 1.14. The van der Waals surface area contributed by atoms with Crippen molar-refractivity contribution in [1.29, 1.82) is 0 Å². The molecule has 0 saturated carbocycles. The van der Waals surface area contributed by atoms with Crippen molar-refractivity contribution < 1.29 is 9.53 Å². The summed E-state index contributed by atoms with van der Waals surface area (Å²) in [5, 5.41) is 10.1. The smallest absolute Gasteiger partial charge is 0.352 e. The van der Waals surface area contributed by atoms with Crippen LogP contribution in [-0.2, 0) is 17.9 Å². The van der Waals surface area contributed by atoms with Gasteiger partial charge in [0.05, 0.1) is 7.11 Å². The molecule has 0 fully saturated rings. The molecule has 9 heteroatoms. The summed E-state index contributed by atoms with van der Waals surface area (Å²) >= 11 is 0. The number of anilines is 2. The van der Waals surface area contributed by atoms with Gasteiger partial charge >= 0.3 is 5.69 Å². The molecule has 0 atom stereocenters. The molecule has 0 aliphatic rings. The molecule has 4 rings (SSSR count). The van der Waals surface area contributed by atoms with Gasteiger partial charge in [-0.3, -0.25) is 4.79 Å². The summed E-state index contributed by atoms with van der Waals surface area (Å²) in [6.45, 7) is 0.120. The number of methoxy groups -OCH3 is 1. The Kier molecular flexibility index (Phi) is 5.42. The number of ether oxygens (including phenoxy) is 1. The van der Waals surface area contributed by atoms with Crippen LogP contribution in [0.4, 0.5) is 11.5 Å². The van der Waals surface area contributed by atoms with Crippen molar-refractivity contribution in [3.63, 3.8) is 0 Å². The molecule has 4 aromatic rings. The third-order valence-electron chi connectivity index (χ3n) is 4.42. The van der Waals surface area contributed by atoms with Crippen LogP contribution >= 0.6 is 0 Å². The summed E-state index contributed by atoms with van der Waals surface area (Å²) in [5.41, 5.74) is 1.33. The van der Waals surface area contributed by atoms with Crippen molar-refractivity contribution in [2.24, 2.45) is 0 Å². The summed E-state index contributed by atoms with van der Waals surface area (Å²) in [4.78, 5) is 29.1. The summed E-state index contributed by atoms with van der Waals surface area (Å²) < 4.78 is 7.56. The maximum atomic E-state index is 12.5. The monoisotopic (exact) mass is 404 g/mol. The molecule has 152 valence electrons. The fraction of sp³-hybridized carbons (Fsp3) is 0.143. The van der Waals surface area contributed by atoms with E-state index in [0.29, 0.717) is 18.1 Å². The predicted octanol–water partition coefficient (Wildman–Crippen LogP) is 1.96. The van der Waals surface area contributed by atoms with E-state index in [1.807, 2.05) is 54.6 Å². The number of carbonyl (C=O) groups excluding carboxylic acids is 1. The topological polar surface area (TPSA) is 103 Å².